The van der Waals surface area contributed by atoms with E-state index in [4.69, 9.17) is 15.7 Å². The minimum atomic E-state index is -3.37. The van der Waals surface area contributed by atoms with Gasteiger partial charge in [-0.2, -0.15) is 10.2 Å². The van der Waals surface area contributed by atoms with Gasteiger partial charge < -0.3 is 10.5 Å². The summed E-state index contributed by atoms with van der Waals surface area (Å²) >= 11 is 0. The predicted molar refractivity (Wildman–Crippen MR) is 65.8 cm³/mol. The highest BCUT2D eigenvalue weighted by molar-refractivity contribution is 5.24. The van der Waals surface area contributed by atoms with Crippen LogP contribution >= 0.6 is 0 Å². The molecule has 20 heavy (non-hydrogen) atoms. The van der Waals surface area contributed by atoms with Crippen LogP contribution in [0.3, 0.4) is 0 Å². The molecule has 0 aliphatic carbocycles. The Morgan fingerprint density at radius 2 is 2.30 bits per heavy atom. The average Bonchev–Trinajstić information content (AvgIpc) is 2.60. The van der Waals surface area contributed by atoms with E-state index in [9.17, 15) is 13.6 Å². The smallest absolute Gasteiger partial charge is 0.351 e. The van der Waals surface area contributed by atoms with Crippen LogP contribution in [0.4, 0.5) is 14.6 Å². The van der Waals surface area contributed by atoms with E-state index in [2.05, 4.69) is 4.98 Å². The van der Waals surface area contributed by atoms with Gasteiger partial charge in [-0.25, -0.2) is 13.6 Å². The molecule has 1 aliphatic rings. The second-order valence-corrected chi connectivity index (χ2v) is 4.76. The maximum atomic E-state index is 14.3. The maximum Gasteiger partial charge on any atom is 0.351 e. The Balaban J connectivity index is 2.53. The van der Waals surface area contributed by atoms with Crippen molar-refractivity contribution in [1.82, 2.24) is 9.55 Å². The molecule has 2 rings (SSSR count). The molecule has 0 aromatic carbocycles. The van der Waals surface area contributed by atoms with Crippen LogP contribution in [0.1, 0.15) is 26.5 Å². The van der Waals surface area contributed by atoms with E-state index in [-0.39, 0.29) is 12.2 Å². The standard InChI is InChI=1S/C12H14F2N4O2/c1-3-11(6-15)7(2)12(13,14)9(20-11)18-5-4-8(16)17-10(18)19/h4-5,7,9H,3H2,1-2H3,(H2,16,17,19)/t7-,9-,11+/m1/s1. The highest BCUT2D eigenvalue weighted by Crippen LogP contribution is 2.52. The summed E-state index contributed by atoms with van der Waals surface area (Å²) in [7, 11) is 0. The lowest BCUT2D eigenvalue weighted by molar-refractivity contribution is -0.130. The topological polar surface area (TPSA) is 93.9 Å². The first-order chi connectivity index (χ1) is 9.28. The van der Waals surface area contributed by atoms with E-state index in [1.807, 2.05) is 0 Å². The number of hydrogen-bond acceptors (Lipinski definition) is 5. The molecule has 0 saturated carbocycles. The maximum absolute atomic E-state index is 14.3. The molecule has 1 aromatic rings. The van der Waals surface area contributed by atoms with Gasteiger partial charge in [0.15, 0.2) is 5.60 Å². The van der Waals surface area contributed by atoms with Crippen molar-refractivity contribution >= 4 is 5.82 Å². The van der Waals surface area contributed by atoms with Crippen molar-refractivity contribution in [2.45, 2.75) is 38.0 Å². The van der Waals surface area contributed by atoms with E-state index in [1.54, 1.807) is 13.0 Å². The van der Waals surface area contributed by atoms with Gasteiger partial charge in [0, 0.05) is 6.20 Å². The molecule has 108 valence electrons. The Kier molecular flexibility index (Phi) is 3.26. The largest absolute Gasteiger partial charge is 0.383 e. The molecule has 1 saturated heterocycles. The quantitative estimate of drug-likeness (QED) is 0.883. The van der Waals surface area contributed by atoms with Crippen molar-refractivity contribution in [3.05, 3.63) is 22.7 Å². The summed E-state index contributed by atoms with van der Waals surface area (Å²) < 4.78 is 34.6. The first-order valence-electron chi connectivity index (χ1n) is 6.10. The van der Waals surface area contributed by atoms with Crippen LogP contribution in [-0.4, -0.2) is 21.1 Å². The zero-order valence-corrected chi connectivity index (χ0v) is 11.0. The SMILES string of the molecule is CC[C@@]1(C#N)O[C@@H](n2ccc(N)nc2=O)C(F)(F)[C@@H]1C. The van der Waals surface area contributed by atoms with Crippen molar-refractivity contribution in [2.24, 2.45) is 5.92 Å². The summed E-state index contributed by atoms with van der Waals surface area (Å²) in [4.78, 5) is 15.1. The summed E-state index contributed by atoms with van der Waals surface area (Å²) in [6, 6.07) is 3.03. The Morgan fingerprint density at radius 1 is 1.65 bits per heavy atom. The fourth-order valence-electron chi connectivity index (χ4n) is 2.34. The third-order valence-corrected chi connectivity index (χ3v) is 3.75. The Bertz CT molecular complexity index is 625. The van der Waals surface area contributed by atoms with Crippen LogP contribution in [0.5, 0.6) is 0 Å². The van der Waals surface area contributed by atoms with Gasteiger partial charge in [0.05, 0.1) is 12.0 Å². The number of nitriles is 1. The summed E-state index contributed by atoms with van der Waals surface area (Å²) in [5, 5.41) is 9.17. The lowest BCUT2D eigenvalue weighted by Crippen LogP contribution is -2.39. The van der Waals surface area contributed by atoms with E-state index >= 15 is 0 Å². The van der Waals surface area contributed by atoms with Crippen molar-refractivity contribution < 1.29 is 13.5 Å². The Morgan fingerprint density at radius 3 is 2.75 bits per heavy atom. The highest BCUT2D eigenvalue weighted by atomic mass is 19.3. The van der Waals surface area contributed by atoms with Gasteiger partial charge in [-0.05, 0) is 12.5 Å². The Labute approximate surface area is 113 Å². The van der Waals surface area contributed by atoms with Crippen LogP contribution in [-0.2, 0) is 4.74 Å². The second-order valence-electron chi connectivity index (χ2n) is 4.76. The first-order valence-corrected chi connectivity index (χ1v) is 6.10. The molecule has 6 nitrogen and oxygen atoms in total. The van der Waals surface area contributed by atoms with Crippen molar-refractivity contribution in [2.75, 3.05) is 5.73 Å². The third kappa shape index (κ3) is 1.86. The molecule has 0 spiro atoms. The lowest BCUT2D eigenvalue weighted by atomic mass is 9.85. The summed E-state index contributed by atoms with van der Waals surface area (Å²) in [6.07, 6.45) is -0.676. The number of nitrogens with zero attached hydrogens (tertiary/aromatic N) is 3. The molecule has 0 bridgehead atoms. The van der Waals surface area contributed by atoms with Crippen LogP contribution in [0.25, 0.3) is 0 Å². The molecule has 8 heteroatoms. The number of hydrogen-bond donors (Lipinski definition) is 1. The molecule has 0 amide bonds. The van der Waals surface area contributed by atoms with Gasteiger partial charge in [0.25, 0.3) is 5.92 Å². The molecule has 2 N–H and O–H groups in total. The van der Waals surface area contributed by atoms with Gasteiger partial charge in [-0.15, -0.1) is 0 Å². The van der Waals surface area contributed by atoms with E-state index < -0.39 is 29.4 Å². The molecule has 1 fully saturated rings. The molecule has 0 unspecified atom stereocenters. The molecular weight excluding hydrogens is 270 g/mol. The molecule has 0 radical (unpaired) electrons. The number of alkyl halides is 2. The molecule has 2 heterocycles. The van der Waals surface area contributed by atoms with E-state index in [0.29, 0.717) is 4.57 Å². The zero-order valence-electron chi connectivity index (χ0n) is 11.0. The number of halogens is 2. The van der Waals surface area contributed by atoms with Gasteiger partial charge in [0.1, 0.15) is 5.82 Å². The van der Waals surface area contributed by atoms with Gasteiger partial charge in [-0.1, -0.05) is 13.8 Å². The van der Waals surface area contributed by atoms with Crippen LogP contribution < -0.4 is 11.4 Å². The van der Waals surface area contributed by atoms with Crippen LogP contribution in [0.2, 0.25) is 0 Å². The number of ether oxygens (including phenoxy) is 1. The normalized spacial score (nSPS) is 31.9. The average molecular weight is 284 g/mol. The first kappa shape index (κ1) is 14.4. The number of nitrogens with two attached hydrogens (primary N) is 1. The number of rotatable bonds is 2. The third-order valence-electron chi connectivity index (χ3n) is 3.75. The van der Waals surface area contributed by atoms with Crippen molar-refractivity contribution in [1.29, 1.82) is 5.26 Å². The van der Waals surface area contributed by atoms with Crippen molar-refractivity contribution in [3.8, 4) is 6.07 Å². The second kappa shape index (κ2) is 4.52. The number of aromatic nitrogens is 2. The molecular formula is C12H14F2N4O2. The summed E-state index contributed by atoms with van der Waals surface area (Å²) in [5.74, 6) is -4.78. The minimum Gasteiger partial charge on any atom is -0.383 e. The molecule has 1 aromatic heterocycles. The van der Waals surface area contributed by atoms with E-state index in [1.165, 1.54) is 13.0 Å². The summed E-state index contributed by atoms with van der Waals surface area (Å²) in [6.45, 7) is 2.82. The number of anilines is 1. The summed E-state index contributed by atoms with van der Waals surface area (Å²) in [5.41, 5.74) is 2.75. The number of nitrogen functional groups attached to an aromatic ring is 1. The molecule has 3 atom stereocenters. The predicted octanol–water partition coefficient (Wildman–Crippen LogP) is 1.30. The molecule has 1 aliphatic heterocycles. The van der Waals surface area contributed by atoms with E-state index in [0.717, 1.165) is 6.20 Å². The monoisotopic (exact) mass is 284 g/mol. The van der Waals surface area contributed by atoms with Gasteiger partial charge in [0.2, 0.25) is 6.23 Å². The van der Waals surface area contributed by atoms with Gasteiger partial charge in [-0.3, -0.25) is 4.57 Å². The van der Waals surface area contributed by atoms with Crippen molar-refractivity contribution in [3.63, 3.8) is 0 Å². The van der Waals surface area contributed by atoms with Crippen LogP contribution in [0.15, 0.2) is 17.1 Å². The Hall–Kier alpha value is -2.01. The zero-order chi connectivity index (χ0) is 15.1. The minimum absolute atomic E-state index is 0.0670. The fourth-order valence-corrected chi connectivity index (χ4v) is 2.34. The van der Waals surface area contributed by atoms with Gasteiger partial charge >= 0.3 is 5.69 Å². The fraction of sp³-hybridized carbons (Fsp3) is 0.583. The highest BCUT2D eigenvalue weighted by Gasteiger charge is 2.64. The van der Waals surface area contributed by atoms with Crippen LogP contribution in [0, 0.1) is 17.2 Å². The lowest BCUT2D eigenvalue weighted by Gasteiger charge is -2.23.